The molecule has 2 amide bonds. The van der Waals surface area contributed by atoms with Gasteiger partial charge in [-0.15, -0.1) is 0 Å². The molecule has 0 saturated heterocycles. The van der Waals surface area contributed by atoms with E-state index in [1.165, 1.54) is 0 Å². The van der Waals surface area contributed by atoms with E-state index in [1.54, 1.807) is 0 Å². The first-order valence-corrected chi connectivity index (χ1v) is 8.35. The number of rotatable bonds is 7. The van der Waals surface area contributed by atoms with E-state index in [-0.39, 0.29) is 30.7 Å². The molecule has 2 rings (SSSR count). The number of aromatic nitrogens is 1. The second-order valence-electron chi connectivity index (χ2n) is 6.24. The number of H-pyrrole nitrogens is 1. The van der Waals surface area contributed by atoms with Crippen LogP contribution in [0.1, 0.15) is 22.4 Å². The Labute approximate surface area is 147 Å². The van der Waals surface area contributed by atoms with Gasteiger partial charge >= 0.3 is 6.03 Å². The molecule has 0 saturated carbocycles. The van der Waals surface area contributed by atoms with Crippen molar-refractivity contribution in [2.24, 2.45) is 5.92 Å². The zero-order valence-corrected chi connectivity index (χ0v) is 14.6. The highest BCUT2D eigenvalue weighted by Crippen LogP contribution is 2.07. The maximum atomic E-state index is 12.0. The molecule has 0 aliphatic heterocycles. The maximum absolute atomic E-state index is 12.0. The summed E-state index contributed by atoms with van der Waals surface area (Å²) in [4.78, 5) is 26.6. The largest absolute Gasteiger partial charge is 0.396 e. The summed E-state index contributed by atoms with van der Waals surface area (Å²) in [5.41, 5.74) is 3.12. The summed E-state index contributed by atoms with van der Waals surface area (Å²) in [7, 11) is 0. The van der Waals surface area contributed by atoms with E-state index in [9.17, 15) is 14.7 Å². The lowest BCUT2D eigenvalue weighted by Crippen LogP contribution is -2.40. The number of benzene rings is 1. The van der Waals surface area contributed by atoms with Gasteiger partial charge in [-0.1, -0.05) is 30.3 Å². The molecule has 25 heavy (non-hydrogen) atoms. The standard InChI is InChI=1S/C19H25N3O3/c1-13-8-14(2)22-18(24)17(13)11-21-19(25)20-10-16(12-23)9-15-6-4-3-5-7-15/h3-8,16,23H,9-12H2,1-2H3,(H,22,24)(H2,20,21,25)/t16-/m1/s1. The van der Waals surface area contributed by atoms with Gasteiger partial charge in [0.15, 0.2) is 0 Å². The quantitative estimate of drug-likeness (QED) is 0.616. The minimum absolute atomic E-state index is 0.00802. The van der Waals surface area contributed by atoms with Crippen molar-refractivity contribution in [3.63, 3.8) is 0 Å². The van der Waals surface area contributed by atoms with Crippen LogP contribution in [0.5, 0.6) is 0 Å². The molecule has 0 aliphatic carbocycles. The van der Waals surface area contributed by atoms with Crippen LogP contribution in [0.2, 0.25) is 0 Å². The van der Waals surface area contributed by atoms with Crippen LogP contribution in [0.15, 0.2) is 41.2 Å². The number of urea groups is 1. The summed E-state index contributed by atoms with van der Waals surface area (Å²) in [6.45, 7) is 4.18. The lowest BCUT2D eigenvalue weighted by molar-refractivity contribution is 0.214. The summed E-state index contributed by atoms with van der Waals surface area (Å²) >= 11 is 0. The summed E-state index contributed by atoms with van der Waals surface area (Å²) in [5.74, 6) is -0.0577. The number of carbonyl (C=O) groups excluding carboxylic acids is 1. The van der Waals surface area contributed by atoms with Crippen LogP contribution in [0, 0.1) is 19.8 Å². The first-order valence-electron chi connectivity index (χ1n) is 8.35. The maximum Gasteiger partial charge on any atom is 0.315 e. The molecular weight excluding hydrogens is 318 g/mol. The lowest BCUT2D eigenvalue weighted by Gasteiger charge is -2.16. The van der Waals surface area contributed by atoms with Crippen LogP contribution in [-0.4, -0.2) is 29.3 Å². The van der Waals surface area contributed by atoms with Crippen LogP contribution < -0.4 is 16.2 Å². The lowest BCUT2D eigenvalue weighted by atomic mass is 10.0. The Morgan fingerprint density at radius 2 is 1.92 bits per heavy atom. The number of aliphatic hydroxyl groups is 1. The number of amides is 2. The summed E-state index contributed by atoms with van der Waals surface area (Å²) in [6.07, 6.45) is 0.689. The first kappa shape index (κ1) is 18.7. The Kier molecular flexibility index (Phi) is 6.77. The Bertz CT molecular complexity index is 756. The van der Waals surface area contributed by atoms with Gasteiger partial charge in [-0.05, 0) is 37.5 Å². The molecule has 1 aromatic heterocycles. The molecule has 1 atom stereocenters. The first-order chi connectivity index (χ1) is 12.0. The van der Waals surface area contributed by atoms with Crippen molar-refractivity contribution in [3.05, 3.63) is 69.1 Å². The third kappa shape index (κ3) is 5.76. The Morgan fingerprint density at radius 1 is 1.20 bits per heavy atom. The fourth-order valence-corrected chi connectivity index (χ4v) is 2.72. The fourth-order valence-electron chi connectivity index (χ4n) is 2.72. The van der Waals surface area contributed by atoms with Gasteiger partial charge in [0.25, 0.3) is 5.56 Å². The molecule has 6 heteroatoms. The van der Waals surface area contributed by atoms with Gasteiger partial charge in [0, 0.05) is 30.3 Å². The molecule has 1 aromatic carbocycles. The Morgan fingerprint density at radius 3 is 2.56 bits per heavy atom. The average molecular weight is 343 g/mol. The third-order valence-corrected chi connectivity index (χ3v) is 4.10. The van der Waals surface area contributed by atoms with Gasteiger partial charge in [0.2, 0.25) is 0 Å². The molecule has 2 aromatic rings. The molecule has 134 valence electrons. The molecule has 4 N–H and O–H groups in total. The number of pyridine rings is 1. The smallest absolute Gasteiger partial charge is 0.315 e. The summed E-state index contributed by atoms with van der Waals surface area (Å²) in [5, 5.41) is 14.9. The van der Waals surface area contributed by atoms with Crippen LogP contribution in [0.25, 0.3) is 0 Å². The molecular formula is C19H25N3O3. The third-order valence-electron chi connectivity index (χ3n) is 4.10. The highest BCUT2D eigenvalue weighted by atomic mass is 16.3. The zero-order chi connectivity index (χ0) is 18.2. The normalized spacial score (nSPS) is 11.8. The van der Waals surface area contributed by atoms with E-state index in [1.807, 2.05) is 50.2 Å². The Balaban J connectivity index is 1.83. The number of nitrogens with one attached hydrogen (secondary N) is 3. The van der Waals surface area contributed by atoms with Crippen molar-refractivity contribution in [2.45, 2.75) is 26.8 Å². The van der Waals surface area contributed by atoms with E-state index in [0.717, 1.165) is 16.8 Å². The van der Waals surface area contributed by atoms with Gasteiger partial charge in [-0.25, -0.2) is 4.79 Å². The van der Waals surface area contributed by atoms with Gasteiger partial charge in [-0.2, -0.15) is 0 Å². The number of hydrogen-bond acceptors (Lipinski definition) is 3. The SMILES string of the molecule is Cc1cc(C)c(CNC(=O)NC[C@H](CO)Cc2ccccc2)c(=O)[nH]1. The highest BCUT2D eigenvalue weighted by Gasteiger charge is 2.11. The van der Waals surface area contributed by atoms with Crippen molar-refractivity contribution < 1.29 is 9.90 Å². The van der Waals surface area contributed by atoms with Crippen LogP contribution in [-0.2, 0) is 13.0 Å². The Hall–Kier alpha value is -2.60. The molecule has 0 bridgehead atoms. The van der Waals surface area contributed by atoms with Crippen molar-refractivity contribution in [1.82, 2.24) is 15.6 Å². The van der Waals surface area contributed by atoms with Crippen molar-refractivity contribution in [3.8, 4) is 0 Å². The molecule has 0 unspecified atom stereocenters. The van der Waals surface area contributed by atoms with Crippen molar-refractivity contribution in [2.75, 3.05) is 13.2 Å². The second kappa shape index (κ2) is 9.03. The van der Waals surface area contributed by atoms with E-state index >= 15 is 0 Å². The van der Waals surface area contributed by atoms with E-state index < -0.39 is 0 Å². The van der Waals surface area contributed by atoms with Gasteiger partial charge in [-0.3, -0.25) is 4.79 Å². The molecule has 0 spiro atoms. The highest BCUT2D eigenvalue weighted by molar-refractivity contribution is 5.73. The van der Waals surface area contributed by atoms with E-state index in [2.05, 4.69) is 15.6 Å². The van der Waals surface area contributed by atoms with Gasteiger partial charge < -0.3 is 20.7 Å². The predicted molar refractivity (Wildman–Crippen MR) is 97.5 cm³/mol. The molecule has 0 fully saturated rings. The van der Waals surface area contributed by atoms with Crippen LogP contribution in [0.4, 0.5) is 4.79 Å². The minimum Gasteiger partial charge on any atom is -0.396 e. The zero-order valence-electron chi connectivity index (χ0n) is 14.6. The topological polar surface area (TPSA) is 94.2 Å². The molecule has 0 radical (unpaired) electrons. The number of hydrogen-bond donors (Lipinski definition) is 4. The summed E-state index contributed by atoms with van der Waals surface area (Å²) in [6, 6.07) is 11.3. The molecule has 6 nitrogen and oxygen atoms in total. The van der Waals surface area contributed by atoms with Crippen LogP contribution >= 0.6 is 0 Å². The average Bonchev–Trinajstić information content (AvgIpc) is 2.58. The molecule has 0 aliphatic rings. The number of aryl methyl sites for hydroxylation is 2. The van der Waals surface area contributed by atoms with Gasteiger partial charge in [0.1, 0.15) is 0 Å². The molecule has 1 heterocycles. The van der Waals surface area contributed by atoms with Crippen LogP contribution in [0.3, 0.4) is 0 Å². The van der Waals surface area contributed by atoms with E-state index in [4.69, 9.17) is 0 Å². The van der Waals surface area contributed by atoms with Crippen molar-refractivity contribution in [1.29, 1.82) is 0 Å². The minimum atomic E-state index is -0.356. The van der Waals surface area contributed by atoms with Crippen molar-refractivity contribution >= 4 is 6.03 Å². The second-order valence-corrected chi connectivity index (χ2v) is 6.24. The van der Waals surface area contributed by atoms with E-state index in [0.29, 0.717) is 18.5 Å². The number of aliphatic hydroxyl groups excluding tert-OH is 1. The number of carbonyl (C=O) groups is 1. The monoisotopic (exact) mass is 343 g/mol. The number of aromatic amines is 1. The summed E-state index contributed by atoms with van der Waals surface area (Å²) < 4.78 is 0. The van der Waals surface area contributed by atoms with Gasteiger partial charge in [0.05, 0.1) is 6.54 Å². The predicted octanol–water partition coefficient (Wildman–Crippen LogP) is 1.64. The fraction of sp³-hybridized carbons (Fsp3) is 0.368.